The third-order valence-electron chi connectivity index (χ3n) is 1.31. The molecule has 0 aliphatic rings. The molecule has 0 saturated heterocycles. The van der Waals surface area contributed by atoms with Gasteiger partial charge < -0.3 is 9.67 Å². The molecule has 0 atom stereocenters. The first kappa shape index (κ1) is 7.60. The summed E-state index contributed by atoms with van der Waals surface area (Å²) in [6.07, 6.45) is 5.18. The Morgan fingerprint density at radius 3 is 3.00 bits per heavy atom. The molecule has 11 heavy (non-hydrogen) atoms. The summed E-state index contributed by atoms with van der Waals surface area (Å²) < 4.78 is 1.56. The van der Waals surface area contributed by atoms with E-state index in [1.165, 1.54) is 0 Å². The van der Waals surface area contributed by atoms with Crippen LogP contribution < -0.4 is 0 Å². The molecule has 1 aromatic rings. The number of aromatic carboxylic acids is 1. The lowest BCUT2D eigenvalue weighted by Crippen LogP contribution is -2.01. The second kappa shape index (κ2) is 3.05. The predicted octanol–water partition coefficient (Wildman–Crippen LogP) is 1.68. The van der Waals surface area contributed by atoms with Crippen molar-refractivity contribution in [1.82, 2.24) is 4.57 Å². The molecule has 0 radical (unpaired) electrons. The van der Waals surface area contributed by atoms with Crippen LogP contribution in [-0.2, 0) is 0 Å². The molecule has 0 saturated carbocycles. The number of hydrogen-bond donors (Lipinski definition) is 1. The predicted molar refractivity (Wildman–Crippen MR) is 42.4 cm³/mol. The number of carbonyl (C=O) groups is 1. The normalized spacial score (nSPS) is 10.6. The van der Waals surface area contributed by atoms with Gasteiger partial charge in [-0.25, -0.2) is 4.79 Å². The highest BCUT2D eigenvalue weighted by atomic mass is 16.4. The van der Waals surface area contributed by atoms with Crippen molar-refractivity contribution in [2.75, 3.05) is 0 Å². The summed E-state index contributed by atoms with van der Waals surface area (Å²) in [6, 6.07) is 3.26. The minimum atomic E-state index is -0.909. The fraction of sp³-hybridized carbons (Fsp3) is 0.125. The van der Waals surface area contributed by atoms with E-state index in [0.29, 0.717) is 0 Å². The molecule has 1 aromatic heterocycles. The van der Waals surface area contributed by atoms with Crippen LogP contribution in [0, 0.1) is 0 Å². The zero-order valence-corrected chi connectivity index (χ0v) is 6.19. The highest BCUT2D eigenvalue weighted by Crippen LogP contribution is 2.02. The summed E-state index contributed by atoms with van der Waals surface area (Å²) in [5, 5.41) is 8.63. The van der Waals surface area contributed by atoms with Gasteiger partial charge in [-0.1, -0.05) is 6.08 Å². The average molecular weight is 151 g/mol. The van der Waals surface area contributed by atoms with E-state index in [4.69, 9.17) is 5.11 Å². The van der Waals surface area contributed by atoms with Gasteiger partial charge in [0.15, 0.2) is 0 Å². The maximum Gasteiger partial charge on any atom is 0.352 e. The van der Waals surface area contributed by atoms with Gasteiger partial charge in [-0.05, 0) is 19.1 Å². The van der Waals surface area contributed by atoms with Crippen molar-refractivity contribution < 1.29 is 9.90 Å². The molecule has 0 bridgehead atoms. The van der Waals surface area contributed by atoms with Gasteiger partial charge in [0.2, 0.25) is 0 Å². The molecule has 0 spiro atoms. The zero-order valence-electron chi connectivity index (χ0n) is 6.19. The summed E-state index contributed by atoms with van der Waals surface area (Å²) in [5.41, 5.74) is 0.281. The number of hydrogen-bond acceptors (Lipinski definition) is 1. The molecule has 1 rings (SSSR count). The molecule has 0 amide bonds. The Labute approximate surface area is 64.6 Å². The Morgan fingerprint density at radius 2 is 2.45 bits per heavy atom. The topological polar surface area (TPSA) is 42.2 Å². The first-order chi connectivity index (χ1) is 5.25. The smallest absolute Gasteiger partial charge is 0.352 e. The lowest BCUT2D eigenvalue weighted by molar-refractivity contribution is 0.0689. The number of nitrogens with zero attached hydrogens (tertiary/aromatic N) is 1. The second-order valence-electron chi connectivity index (χ2n) is 2.09. The number of allylic oxidation sites excluding steroid dienone is 1. The quantitative estimate of drug-likeness (QED) is 0.698. The summed E-state index contributed by atoms with van der Waals surface area (Å²) in [4.78, 5) is 10.5. The molecule has 0 fully saturated rings. The van der Waals surface area contributed by atoms with E-state index in [1.807, 2.05) is 6.92 Å². The highest BCUT2D eigenvalue weighted by molar-refractivity contribution is 5.86. The van der Waals surface area contributed by atoms with Crippen LogP contribution in [-0.4, -0.2) is 15.6 Å². The van der Waals surface area contributed by atoms with Gasteiger partial charge >= 0.3 is 5.97 Å². The molecule has 0 aliphatic heterocycles. The van der Waals surface area contributed by atoms with E-state index in [0.717, 1.165) is 0 Å². The van der Waals surface area contributed by atoms with E-state index in [-0.39, 0.29) is 5.69 Å². The minimum Gasteiger partial charge on any atom is -0.477 e. The molecule has 3 nitrogen and oxygen atoms in total. The van der Waals surface area contributed by atoms with Gasteiger partial charge in [-0.3, -0.25) is 0 Å². The van der Waals surface area contributed by atoms with E-state index < -0.39 is 5.97 Å². The van der Waals surface area contributed by atoms with Gasteiger partial charge in [0.25, 0.3) is 0 Å². The molecule has 0 unspecified atom stereocenters. The van der Waals surface area contributed by atoms with Crippen LogP contribution >= 0.6 is 0 Å². The summed E-state index contributed by atoms with van der Waals surface area (Å²) in [7, 11) is 0. The Kier molecular flexibility index (Phi) is 2.11. The van der Waals surface area contributed by atoms with E-state index in [1.54, 1.807) is 35.2 Å². The molecule has 1 N–H and O–H groups in total. The number of rotatable bonds is 2. The second-order valence-corrected chi connectivity index (χ2v) is 2.09. The molecular formula is C8H9NO2. The van der Waals surface area contributed by atoms with E-state index >= 15 is 0 Å². The Bertz CT molecular complexity index is 286. The third kappa shape index (κ3) is 1.49. The highest BCUT2D eigenvalue weighted by Gasteiger charge is 2.04. The monoisotopic (exact) mass is 151 g/mol. The van der Waals surface area contributed by atoms with E-state index in [2.05, 4.69) is 0 Å². The number of aromatic nitrogens is 1. The Hall–Kier alpha value is -1.51. The van der Waals surface area contributed by atoms with Crippen LogP contribution in [0.1, 0.15) is 17.4 Å². The van der Waals surface area contributed by atoms with Gasteiger partial charge in [-0.15, -0.1) is 0 Å². The fourth-order valence-corrected chi connectivity index (χ4v) is 0.866. The molecule has 0 aromatic carbocycles. The maximum atomic E-state index is 10.5. The van der Waals surface area contributed by atoms with Crippen LogP contribution in [0.5, 0.6) is 0 Å². The summed E-state index contributed by atoms with van der Waals surface area (Å²) in [5.74, 6) is -0.909. The van der Waals surface area contributed by atoms with Crippen molar-refractivity contribution in [1.29, 1.82) is 0 Å². The molecule has 58 valence electrons. The first-order valence-corrected chi connectivity index (χ1v) is 3.28. The number of carboxylic acids is 1. The van der Waals surface area contributed by atoms with Crippen LogP contribution in [0.15, 0.2) is 24.4 Å². The van der Waals surface area contributed by atoms with Crippen molar-refractivity contribution in [3.8, 4) is 0 Å². The van der Waals surface area contributed by atoms with E-state index in [9.17, 15) is 4.79 Å². The third-order valence-corrected chi connectivity index (χ3v) is 1.31. The standard InChI is InChI=1S/C8H9NO2/c1-2-5-9-6-3-4-7(9)8(10)11/h2-6H,1H3,(H,10,11)/b5-2+. The zero-order chi connectivity index (χ0) is 8.27. The Morgan fingerprint density at radius 1 is 1.73 bits per heavy atom. The lowest BCUT2D eigenvalue weighted by Gasteiger charge is -1.96. The van der Waals surface area contributed by atoms with Gasteiger partial charge in [0.05, 0.1) is 0 Å². The van der Waals surface area contributed by atoms with Crippen molar-refractivity contribution in [2.45, 2.75) is 6.92 Å². The Balaban J connectivity index is 3.05. The van der Waals surface area contributed by atoms with Gasteiger partial charge in [-0.2, -0.15) is 0 Å². The van der Waals surface area contributed by atoms with Gasteiger partial charge in [0, 0.05) is 12.4 Å². The SMILES string of the molecule is C/C=C/n1cccc1C(=O)O. The largest absolute Gasteiger partial charge is 0.477 e. The number of carboxylic acid groups (broad SMARTS) is 1. The molecule has 0 aliphatic carbocycles. The van der Waals surface area contributed by atoms with Crippen molar-refractivity contribution in [2.24, 2.45) is 0 Å². The van der Waals surface area contributed by atoms with Crippen LogP contribution in [0.4, 0.5) is 0 Å². The minimum absolute atomic E-state index is 0.281. The van der Waals surface area contributed by atoms with Crippen LogP contribution in [0.3, 0.4) is 0 Å². The summed E-state index contributed by atoms with van der Waals surface area (Å²) in [6.45, 7) is 1.84. The van der Waals surface area contributed by atoms with Crippen LogP contribution in [0.25, 0.3) is 6.20 Å². The summed E-state index contributed by atoms with van der Waals surface area (Å²) >= 11 is 0. The molecular weight excluding hydrogens is 142 g/mol. The van der Waals surface area contributed by atoms with Crippen molar-refractivity contribution in [3.05, 3.63) is 30.1 Å². The maximum absolute atomic E-state index is 10.5. The van der Waals surface area contributed by atoms with Crippen LogP contribution in [0.2, 0.25) is 0 Å². The average Bonchev–Trinajstić information content (AvgIpc) is 2.36. The fourth-order valence-electron chi connectivity index (χ4n) is 0.866. The first-order valence-electron chi connectivity index (χ1n) is 3.28. The van der Waals surface area contributed by atoms with Crippen molar-refractivity contribution in [3.63, 3.8) is 0 Å². The molecule has 3 heteroatoms. The lowest BCUT2D eigenvalue weighted by atomic mass is 10.4. The molecule has 1 heterocycles. The van der Waals surface area contributed by atoms with Gasteiger partial charge in [0.1, 0.15) is 5.69 Å². The van der Waals surface area contributed by atoms with Crippen molar-refractivity contribution >= 4 is 12.2 Å².